The fraction of sp³-hybridized carbons (Fsp3) is 0.500. The maximum Gasteiger partial charge on any atom is 0.125 e. The molecule has 0 aliphatic heterocycles. The first kappa shape index (κ1) is 10.1. The monoisotopic (exact) mass is 178 g/mol. The quantitative estimate of drug-likeness (QED) is 0.687. The van der Waals surface area contributed by atoms with Gasteiger partial charge in [-0.1, -0.05) is 31.5 Å². The van der Waals surface area contributed by atoms with Crippen molar-refractivity contribution in [3.63, 3.8) is 0 Å². The van der Waals surface area contributed by atoms with Gasteiger partial charge in [-0.25, -0.2) is 0 Å². The number of benzene rings is 1. The Kier molecular flexibility index (Phi) is 3.81. The molecule has 0 amide bonds. The molecular formula is C12H18O. The maximum absolute atomic E-state index is 5.62. The van der Waals surface area contributed by atoms with Crippen molar-refractivity contribution in [2.75, 3.05) is 6.61 Å². The summed E-state index contributed by atoms with van der Waals surface area (Å²) in [5, 5.41) is 0. The van der Waals surface area contributed by atoms with E-state index in [2.05, 4.69) is 32.0 Å². The largest absolute Gasteiger partial charge is 0.493 e. The molecule has 0 heterocycles. The van der Waals surface area contributed by atoms with Crippen LogP contribution < -0.4 is 4.74 Å². The Morgan fingerprint density at radius 3 is 2.62 bits per heavy atom. The van der Waals surface area contributed by atoms with Crippen LogP contribution in [0.25, 0.3) is 0 Å². The Balaban J connectivity index is 2.95. The predicted octanol–water partition coefficient (Wildman–Crippen LogP) is 3.35. The molecule has 0 aliphatic rings. The lowest BCUT2D eigenvalue weighted by atomic mass is 10.1. The summed E-state index contributed by atoms with van der Waals surface area (Å²) in [7, 11) is 0. The van der Waals surface area contributed by atoms with Crippen molar-refractivity contribution in [3.05, 3.63) is 29.3 Å². The Labute approximate surface area is 80.7 Å². The van der Waals surface area contributed by atoms with Crippen molar-refractivity contribution in [2.24, 2.45) is 0 Å². The second kappa shape index (κ2) is 4.90. The number of hydrogen-bond donors (Lipinski definition) is 0. The van der Waals surface area contributed by atoms with E-state index in [-0.39, 0.29) is 0 Å². The lowest BCUT2D eigenvalue weighted by Crippen LogP contribution is -1.98. The van der Waals surface area contributed by atoms with Gasteiger partial charge in [0.15, 0.2) is 0 Å². The predicted molar refractivity (Wildman–Crippen MR) is 56.3 cm³/mol. The topological polar surface area (TPSA) is 9.23 Å². The van der Waals surface area contributed by atoms with Crippen LogP contribution in [0.3, 0.4) is 0 Å². The van der Waals surface area contributed by atoms with E-state index >= 15 is 0 Å². The normalized spacial score (nSPS) is 10.1. The van der Waals surface area contributed by atoms with E-state index in [0.717, 1.165) is 18.8 Å². The van der Waals surface area contributed by atoms with Crippen molar-refractivity contribution >= 4 is 0 Å². The van der Waals surface area contributed by atoms with E-state index in [1.807, 2.05) is 6.92 Å². The molecule has 0 saturated heterocycles. The third-order valence-electron chi connectivity index (χ3n) is 2.10. The molecular weight excluding hydrogens is 160 g/mol. The van der Waals surface area contributed by atoms with Gasteiger partial charge in [-0.15, -0.1) is 0 Å². The Hall–Kier alpha value is -0.980. The Bertz CT molecular complexity index is 266. The number of aryl methyl sites for hydroxylation is 2. The minimum atomic E-state index is 0.752. The lowest BCUT2D eigenvalue weighted by molar-refractivity contribution is 0.334. The molecule has 1 nitrogen and oxygen atoms in total. The van der Waals surface area contributed by atoms with E-state index in [4.69, 9.17) is 4.74 Å². The lowest BCUT2D eigenvalue weighted by Gasteiger charge is -2.11. The van der Waals surface area contributed by atoms with Crippen molar-refractivity contribution in [3.8, 4) is 5.75 Å². The summed E-state index contributed by atoms with van der Waals surface area (Å²) >= 11 is 0. The first-order chi connectivity index (χ1) is 6.29. The molecule has 1 aromatic rings. The van der Waals surface area contributed by atoms with Gasteiger partial charge in [0.1, 0.15) is 5.75 Å². The second-order valence-corrected chi connectivity index (χ2v) is 3.25. The molecule has 0 aliphatic carbocycles. The van der Waals surface area contributed by atoms with E-state index in [9.17, 15) is 0 Å². The fourth-order valence-corrected chi connectivity index (χ4v) is 1.53. The minimum absolute atomic E-state index is 0.752. The van der Waals surface area contributed by atoms with Crippen molar-refractivity contribution in [2.45, 2.75) is 33.6 Å². The number of para-hydroxylation sites is 1. The molecule has 0 spiro atoms. The highest BCUT2D eigenvalue weighted by molar-refractivity contribution is 5.40. The van der Waals surface area contributed by atoms with Gasteiger partial charge in [0.05, 0.1) is 6.61 Å². The summed E-state index contributed by atoms with van der Waals surface area (Å²) in [4.78, 5) is 0. The summed E-state index contributed by atoms with van der Waals surface area (Å²) < 4.78 is 5.62. The molecule has 0 bridgehead atoms. The van der Waals surface area contributed by atoms with E-state index in [1.165, 1.54) is 17.5 Å². The third-order valence-corrected chi connectivity index (χ3v) is 2.10. The minimum Gasteiger partial charge on any atom is -0.493 e. The maximum atomic E-state index is 5.62. The van der Waals surface area contributed by atoms with Crippen LogP contribution in [0.4, 0.5) is 0 Å². The van der Waals surface area contributed by atoms with Gasteiger partial charge in [0.2, 0.25) is 0 Å². The number of hydrogen-bond acceptors (Lipinski definition) is 1. The summed E-state index contributed by atoms with van der Waals surface area (Å²) in [6.07, 6.45) is 2.28. The highest BCUT2D eigenvalue weighted by Crippen LogP contribution is 2.24. The van der Waals surface area contributed by atoms with Crippen LogP contribution in [0.5, 0.6) is 5.75 Å². The zero-order chi connectivity index (χ0) is 9.68. The Morgan fingerprint density at radius 2 is 2.00 bits per heavy atom. The average Bonchev–Trinajstić information content (AvgIpc) is 2.11. The van der Waals surface area contributed by atoms with Crippen LogP contribution in [-0.2, 0) is 6.42 Å². The van der Waals surface area contributed by atoms with Crippen LogP contribution in [0.1, 0.15) is 31.4 Å². The molecule has 0 radical (unpaired) electrons. The fourth-order valence-electron chi connectivity index (χ4n) is 1.53. The van der Waals surface area contributed by atoms with Crippen molar-refractivity contribution in [1.82, 2.24) is 0 Å². The van der Waals surface area contributed by atoms with E-state index in [0.29, 0.717) is 0 Å². The van der Waals surface area contributed by atoms with Gasteiger partial charge in [0.25, 0.3) is 0 Å². The standard InChI is InChI=1S/C12H18O/c1-4-7-11-9-6-8-10(3)12(11)13-5-2/h6,8-9H,4-5,7H2,1-3H3. The van der Waals surface area contributed by atoms with E-state index < -0.39 is 0 Å². The zero-order valence-corrected chi connectivity index (χ0v) is 8.76. The van der Waals surface area contributed by atoms with Crippen LogP contribution in [0, 0.1) is 6.92 Å². The van der Waals surface area contributed by atoms with Gasteiger partial charge in [0, 0.05) is 0 Å². The van der Waals surface area contributed by atoms with Crippen LogP contribution >= 0.6 is 0 Å². The smallest absolute Gasteiger partial charge is 0.125 e. The molecule has 0 fully saturated rings. The van der Waals surface area contributed by atoms with Gasteiger partial charge < -0.3 is 4.74 Å². The molecule has 13 heavy (non-hydrogen) atoms. The molecule has 1 heteroatoms. The first-order valence-electron chi connectivity index (χ1n) is 5.00. The average molecular weight is 178 g/mol. The molecule has 1 aromatic carbocycles. The SMILES string of the molecule is CCCc1cccc(C)c1OCC. The van der Waals surface area contributed by atoms with Crippen molar-refractivity contribution in [1.29, 1.82) is 0 Å². The van der Waals surface area contributed by atoms with Crippen LogP contribution in [-0.4, -0.2) is 6.61 Å². The highest BCUT2D eigenvalue weighted by Gasteiger charge is 2.04. The molecule has 0 saturated carbocycles. The van der Waals surface area contributed by atoms with Gasteiger partial charge in [-0.3, -0.25) is 0 Å². The number of rotatable bonds is 4. The second-order valence-electron chi connectivity index (χ2n) is 3.25. The van der Waals surface area contributed by atoms with E-state index in [1.54, 1.807) is 0 Å². The molecule has 1 rings (SSSR count). The van der Waals surface area contributed by atoms with Crippen molar-refractivity contribution < 1.29 is 4.74 Å². The summed E-state index contributed by atoms with van der Waals surface area (Å²) in [5.74, 6) is 1.09. The summed E-state index contributed by atoms with van der Waals surface area (Å²) in [6, 6.07) is 6.36. The molecule has 0 aromatic heterocycles. The summed E-state index contributed by atoms with van der Waals surface area (Å²) in [5.41, 5.74) is 2.58. The van der Waals surface area contributed by atoms with Gasteiger partial charge in [-0.05, 0) is 31.4 Å². The summed E-state index contributed by atoms with van der Waals surface area (Å²) in [6.45, 7) is 7.08. The van der Waals surface area contributed by atoms with Gasteiger partial charge >= 0.3 is 0 Å². The Morgan fingerprint density at radius 1 is 1.23 bits per heavy atom. The zero-order valence-electron chi connectivity index (χ0n) is 8.76. The highest BCUT2D eigenvalue weighted by atomic mass is 16.5. The third kappa shape index (κ3) is 2.48. The molecule has 0 atom stereocenters. The molecule has 72 valence electrons. The van der Waals surface area contributed by atoms with Crippen LogP contribution in [0.2, 0.25) is 0 Å². The molecule has 0 N–H and O–H groups in total. The number of ether oxygens (including phenoxy) is 1. The molecule has 0 unspecified atom stereocenters. The van der Waals surface area contributed by atoms with Gasteiger partial charge in [-0.2, -0.15) is 0 Å². The van der Waals surface area contributed by atoms with Crippen LogP contribution in [0.15, 0.2) is 18.2 Å². The first-order valence-corrected chi connectivity index (χ1v) is 5.00.